The lowest BCUT2D eigenvalue weighted by Gasteiger charge is -2.27. The second-order valence-electron chi connectivity index (χ2n) is 3.13. The minimum absolute atomic E-state index is 0.0694. The number of nitrogens with zero attached hydrogens (tertiary/aromatic N) is 1. The Kier molecular flexibility index (Phi) is 3.42. The van der Waals surface area contributed by atoms with Crippen molar-refractivity contribution in [2.24, 2.45) is 11.3 Å². The normalized spacial score (nSPS) is 11.6. The average molecular weight is 139 g/mol. The van der Waals surface area contributed by atoms with Gasteiger partial charge in [0.1, 0.15) is 0 Å². The van der Waals surface area contributed by atoms with E-state index in [9.17, 15) is 0 Å². The summed E-state index contributed by atoms with van der Waals surface area (Å²) in [6.07, 6.45) is 1.94. The van der Waals surface area contributed by atoms with Crippen LogP contribution < -0.4 is 0 Å². The van der Waals surface area contributed by atoms with Gasteiger partial charge in [-0.1, -0.05) is 27.7 Å². The van der Waals surface area contributed by atoms with Crippen LogP contribution in [0.25, 0.3) is 0 Å². The van der Waals surface area contributed by atoms with E-state index in [2.05, 4.69) is 33.8 Å². The fourth-order valence-electron chi connectivity index (χ4n) is 1.35. The van der Waals surface area contributed by atoms with Crippen molar-refractivity contribution in [3.8, 4) is 6.07 Å². The van der Waals surface area contributed by atoms with Crippen LogP contribution in [0.5, 0.6) is 0 Å². The first-order valence-corrected chi connectivity index (χ1v) is 4.04. The van der Waals surface area contributed by atoms with Gasteiger partial charge in [-0.15, -0.1) is 0 Å². The molecule has 0 aromatic heterocycles. The highest BCUT2D eigenvalue weighted by molar-refractivity contribution is 4.98. The first-order valence-electron chi connectivity index (χ1n) is 4.04. The molecule has 0 N–H and O–H groups in total. The second kappa shape index (κ2) is 3.61. The van der Waals surface area contributed by atoms with Gasteiger partial charge in [0, 0.05) is 0 Å². The summed E-state index contributed by atoms with van der Waals surface area (Å²) in [5, 5.41) is 8.90. The fraction of sp³-hybridized carbons (Fsp3) is 0.889. The Hall–Kier alpha value is -0.510. The van der Waals surface area contributed by atoms with E-state index in [1.54, 1.807) is 0 Å². The minimum atomic E-state index is -0.0694. The lowest BCUT2D eigenvalue weighted by atomic mass is 9.74. The Labute approximate surface area is 64.1 Å². The SMILES string of the molecule is CCC(C#N)(CC)C(C)C. The molecule has 1 nitrogen and oxygen atoms in total. The molecule has 0 spiro atoms. The van der Waals surface area contributed by atoms with Gasteiger partial charge in [0.15, 0.2) is 0 Å². The van der Waals surface area contributed by atoms with Crippen molar-refractivity contribution in [2.75, 3.05) is 0 Å². The van der Waals surface area contributed by atoms with Crippen LogP contribution in [0.3, 0.4) is 0 Å². The lowest BCUT2D eigenvalue weighted by Crippen LogP contribution is -2.23. The lowest BCUT2D eigenvalue weighted by molar-refractivity contribution is 0.256. The molecule has 0 rings (SSSR count). The average Bonchev–Trinajstić information content (AvgIpc) is 1.92. The molecule has 0 aliphatic carbocycles. The van der Waals surface area contributed by atoms with E-state index in [0.29, 0.717) is 5.92 Å². The van der Waals surface area contributed by atoms with Crippen molar-refractivity contribution in [3.63, 3.8) is 0 Å². The van der Waals surface area contributed by atoms with Gasteiger partial charge in [-0.2, -0.15) is 5.26 Å². The van der Waals surface area contributed by atoms with Crippen LogP contribution in [0.4, 0.5) is 0 Å². The maximum atomic E-state index is 8.90. The molecule has 0 amide bonds. The van der Waals surface area contributed by atoms with Gasteiger partial charge in [0.05, 0.1) is 11.5 Å². The highest BCUT2D eigenvalue weighted by Crippen LogP contribution is 2.33. The summed E-state index contributed by atoms with van der Waals surface area (Å²) in [5.41, 5.74) is -0.0694. The molecule has 0 fully saturated rings. The quantitative estimate of drug-likeness (QED) is 0.589. The Morgan fingerprint density at radius 2 is 1.70 bits per heavy atom. The molecule has 0 saturated carbocycles. The van der Waals surface area contributed by atoms with Crippen molar-refractivity contribution in [2.45, 2.75) is 40.5 Å². The van der Waals surface area contributed by atoms with Crippen LogP contribution in [-0.4, -0.2) is 0 Å². The highest BCUT2D eigenvalue weighted by atomic mass is 14.4. The number of hydrogen-bond donors (Lipinski definition) is 0. The van der Waals surface area contributed by atoms with Crippen LogP contribution in [0.2, 0.25) is 0 Å². The summed E-state index contributed by atoms with van der Waals surface area (Å²) < 4.78 is 0. The van der Waals surface area contributed by atoms with E-state index in [1.807, 2.05) is 0 Å². The Balaban J connectivity index is 4.35. The molecule has 0 heterocycles. The zero-order valence-corrected chi connectivity index (χ0v) is 7.44. The molecule has 0 aliphatic heterocycles. The third-order valence-corrected chi connectivity index (χ3v) is 2.59. The summed E-state index contributed by atoms with van der Waals surface area (Å²) in [6, 6.07) is 2.41. The van der Waals surface area contributed by atoms with Gasteiger partial charge in [0.2, 0.25) is 0 Å². The van der Waals surface area contributed by atoms with Crippen LogP contribution in [-0.2, 0) is 0 Å². The third-order valence-electron chi connectivity index (χ3n) is 2.59. The van der Waals surface area contributed by atoms with Crippen LogP contribution in [0.15, 0.2) is 0 Å². The molecule has 0 aliphatic rings. The molecule has 0 saturated heterocycles. The number of hydrogen-bond acceptors (Lipinski definition) is 1. The van der Waals surface area contributed by atoms with Crippen LogP contribution in [0.1, 0.15) is 40.5 Å². The van der Waals surface area contributed by atoms with E-state index in [-0.39, 0.29) is 5.41 Å². The fourth-order valence-corrected chi connectivity index (χ4v) is 1.35. The van der Waals surface area contributed by atoms with Gasteiger partial charge in [0.25, 0.3) is 0 Å². The molecule has 58 valence electrons. The monoisotopic (exact) mass is 139 g/mol. The minimum Gasteiger partial charge on any atom is -0.198 e. The molecule has 1 heteroatoms. The molecular formula is C9H17N. The second-order valence-corrected chi connectivity index (χ2v) is 3.13. The van der Waals surface area contributed by atoms with Crippen molar-refractivity contribution in [1.29, 1.82) is 5.26 Å². The molecule has 0 atom stereocenters. The summed E-state index contributed by atoms with van der Waals surface area (Å²) in [4.78, 5) is 0. The van der Waals surface area contributed by atoms with Crippen molar-refractivity contribution < 1.29 is 0 Å². The summed E-state index contributed by atoms with van der Waals surface area (Å²) in [7, 11) is 0. The number of rotatable bonds is 3. The van der Waals surface area contributed by atoms with E-state index in [1.165, 1.54) is 0 Å². The molecular weight excluding hydrogens is 122 g/mol. The van der Waals surface area contributed by atoms with Gasteiger partial charge < -0.3 is 0 Å². The molecule has 0 unspecified atom stereocenters. The predicted molar refractivity (Wildman–Crippen MR) is 43.5 cm³/mol. The Morgan fingerprint density at radius 1 is 1.30 bits per heavy atom. The molecule has 0 aromatic carbocycles. The van der Waals surface area contributed by atoms with Gasteiger partial charge in [-0.3, -0.25) is 0 Å². The molecule has 0 aromatic rings. The summed E-state index contributed by atoms with van der Waals surface area (Å²) in [5.74, 6) is 0.479. The van der Waals surface area contributed by atoms with Crippen LogP contribution in [0, 0.1) is 22.7 Å². The van der Waals surface area contributed by atoms with Crippen molar-refractivity contribution in [1.82, 2.24) is 0 Å². The zero-order chi connectivity index (χ0) is 8.20. The molecule has 0 bridgehead atoms. The summed E-state index contributed by atoms with van der Waals surface area (Å²) in [6.45, 7) is 8.42. The first kappa shape index (κ1) is 9.49. The van der Waals surface area contributed by atoms with Gasteiger partial charge in [-0.25, -0.2) is 0 Å². The smallest absolute Gasteiger partial charge is 0.0692 e. The predicted octanol–water partition coefficient (Wildman–Crippen LogP) is 2.97. The molecule has 0 radical (unpaired) electrons. The van der Waals surface area contributed by atoms with E-state index >= 15 is 0 Å². The highest BCUT2D eigenvalue weighted by Gasteiger charge is 2.29. The maximum Gasteiger partial charge on any atom is 0.0692 e. The Bertz CT molecular complexity index is 126. The maximum absolute atomic E-state index is 8.90. The number of nitriles is 1. The molecule has 10 heavy (non-hydrogen) atoms. The van der Waals surface area contributed by atoms with E-state index in [4.69, 9.17) is 5.26 Å². The van der Waals surface area contributed by atoms with Crippen molar-refractivity contribution in [3.05, 3.63) is 0 Å². The van der Waals surface area contributed by atoms with Crippen molar-refractivity contribution >= 4 is 0 Å². The standard InChI is InChI=1S/C9H17N/c1-5-9(6-2,7-10)8(3)4/h8H,5-6H2,1-4H3. The zero-order valence-electron chi connectivity index (χ0n) is 7.44. The van der Waals surface area contributed by atoms with Gasteiger partial charge in [-0.05, 0) is 18.8 Å². The Morgan fingerprint density at radius 3 is 1.70 bits per heavy atom. The van der Waals surface area contributed by atoms with E-state index in [0.717, 1.165) is 12.8 Å². The largest absolute Gasteiger partial charge is 0.198 e. The topological polar surface area (TPSA) is 23.8 Å². The third kappa shape index (κ3) is 1.50. The van der Waals surface area contributed by atoms with Crippen LogP contribution >= 0.6 is 0 Å². The van der Waals surface area contributed by atoms with E-state index < -0.39 is 0 Å². The van der Waals surface area contributed by atoms with Gasteiger partial charge >= 0.3 is 0 Å². The first-order chi connectivity index (χ1) is 4.63. The summed E-state index contributed by atoms with van der Waals surface area (Å²) >= 11 is 0.